The molecule has 0 saturated heterocycles. The Labute approximate surface area is 94.0 Å². The average molecular weight is 239 g/mol. The molecule has 1 aliphatic carbocycles. The van der Waals surface area contributed by atoms with Crippen LogP contribution in [-0.4, -0.2) is 23.4 Å². The van der Waals surface area contributed by atoms with Crippen molar-refractivity contribution in [2.24, 2.45) is 17.6 Å². The first kappa shape index (κ1) is 13.8. The van der Waals surface area contributed by atoms with E-state index in [1.807, 2.05) is 6.92 Å². The second-order valence-electron chi connectivity index (χ2n) is 4.75. The van der Waals surface area contributed by atoms with Gasteiger partial charge in [0, 0.05) is 6.54 Å². The van der Waals surface area contributed by atoms with Crippen LogP contribution in [0.2, 0.25) is 0 Å². The van der Waals surface area contributed by atoms with Crippen LogP contribution in [0.1, 0.15) is 39.0 Å². The summed E-state index contributed by atoms with van der Waals surface area (Å²) < 4.78 is 38.2. The maximum Gasteiger partial charge on any atom is 0.418 e. The Balaban J connectivity index is 2.69. The predicted octanol–water partition coefficient (Wildman–Crippen LogP) is 2.45. The van der Waals surface area contributed by atoms with Gasteiger partial charge in [-0.2, -0.15) is 13.2 Å². The van der Waals surface area contributed by atoms with Crippen LogP contribution >= 0.6 is 0 Å². The van der Waals surface area contributed by atoms with E-state index in [0.717, 1.165) is 19.3 Å². The quantitative estimate of drug-likeness (QED) is 0.794. The molecule has 1 saturated carbocycles. The van der Waals surface area contributed by atoms with Gasteiger partial charge in [-0.15, -0.1) is 0 Å². The average Bonchev–Trinajstić information content (AvgIpc) is 2.26. The Morgan fingerprint density at radius 3 is 2.00 bits per heavy atom. The lowest BCUT2D eigenvalue weighted by Crippen LogP contribution is -2.57. The van der Waals surface area contributed by atoms with Gasteiger partial charge in [-0.25, -0.2) is 0 Å². The van der Waals surface area contributed by atoms with Gasteiger partial charge in [0.2, 0.25) is 0 Å². The lowest BCUT2D eigenvalue weighted by Gasteiger charge is -2.40. The molecule has 1 atom stereocenters. The van der Waals surface area contributed by atoms with E-state index in [1.165, 1.54) is 0 Å². The third-order valence-electron chi connectivity index (χ3n) is 3.90. The molecule has 0 aromatic heterocycles. The molecule has 1 rings (SSSR count). The number of halogens is 3. The van der Waals surface area contributed by atoms with E-state index in [-0.39, 0.29) is 0 Å². The third kappa shape index (κ3) is 2.51. The lowest BCUT2D eigenvalue weighted by molar-refractivity contribution is -0.278. The second kappa shape index (κ2) is 4.92. The predicted molar refractivity (Wildman–Crippen MR) is 55.8 cm³/mol. The van der Waals surface area contributed by atoms with Crippen molar-refractivity contribution >= 4 is 0 Å². The highest BCUT2D eigenvalue weighted by Crippen LogP contribution is 2.43. The summed E-state index contributed by atoms with van der Waals surface area (Å²) in [6, 6.07) is 0. The molecule has 0 radical (unpaired) electrons. The van der Waals surface area contributed by atoms with Gasteiger partial charge in [-0.1, -0.05) is 26.2 Å². The minimum Gasteiger partial charge on any atom is -0.379 e. The van der Waals surface area contributed by atoms with Crippen LogP contribution < -0.4 is 5.73 Å². The first-order chi connectivity index (χ1) is 7.35. The van der Waals surface area contributed by atoms with Crippen molar-refractivity contribution in [3.63, 3.8) is 0 Å². The second-order valence-corrected chi connectivity index (χ2v) is 4.75. The topological polar surface area (TPSA) is 46.2 Å². The normalized spacial score (nSPS) is 31.1. The Kier molecular flexibility index (Phi) is 4.23. The zero-order valence-corrected chi connectivity index (χ0v) is 9.56. The molecule has 0 amide bonds. The van der Waals surface area contributed by atoms with Crippen LogP contribution in [0.15, 0.2) is 0 Å². The van der Waals surface area contributed by atoms with E-state index in [1.54, 1.807) is 0 Å². The van der Waals surface area contributed by atoms with Gasteiger partial charge < -0.3 is 10.8 Å². The largest absolute Gasteiger partial charge is 0.418 e. The molecule has 1 aliphatic rings. The van der Waals surface area contributed by atoms with E-state index in [9.17, 15) is 18.3 Å². The van der Waals surface area contributed by atoms with Crippen molar-refractivity contribution in [1.82, 2.24) is 0 Å². The van der Waals surface area contributed by atoms with E-state index in [0.29, 0.717) is 18.8 Å². The van der Waals surface area contributed by atoms with Crippen molar-refractivity contribution in [1.29, 1.82) is 0 Å². The van der Waals surface area contributed by atoms with E-state index >= 15 is 0 Å². The van der Waals surface area contributed by atoms with E-state index in [4.69, 9.17) is 5.73 Å². The maximum absolute atomic E-state index is 12.7. The molecule has 0 aromatic carbocycles. The summed E-state index contributed by atoms with van der Waals surface area (Å²) in [5.74, 6) is -0.230. The number of alkyl halides is 3. The molecule has 0 aliphatic heterocycles. The summed E-state index contributed by atoms with van der Waals surface area (Å²) >= 11 is 0. The van der Waals surface area contributed by atoms with Gasteiger partial charge in [-0.3, -0.25) is 0 Å². The van der Waals surface area contributed by atoms with Gasteiger partial charge >= 0.3 is 6.18 Å². The SMILES string of the molecule is CCC1CCC(C(O)(CN)C(F)(F)F)CC1. The molecular weight excluding hydrogens is 219 g/mol. The number of rotatable bonds is 3. The smallest absolute Gasteiger partial charge is 0.379 e. The fourth-order valence-electron chi connectivity index (χ4n) is 2.56. The number of hydrogen-bond acceptors (Lipinski definition) is 2. The molecule has 0 spiro atoms. The summed E-state index contributed by atoms with van der Waals surface area (Å²) in [5.41, 5.74) is 2.43. The molecule has 5 heteroatoms. The van der Waals surface area contributed by atoms with Gasteiger partial charge in [0.1, 0.15) is 0 Å². The summed E-state index contributed by atoms with van der Waals surface area (Å²) in [6.45, 7) is 1.31. The molecule has 0 heterocycles. The van der Waals surface area contributed by atoms with E-state index < -0.39 is 24.2 Å². The Morgan fingerprint density at radius 1 is 1.19 bits per heavy atom. The van der Waals surface area contributed by atoms with Crippen molar-refractivity contribution in [2.45, 2.75) is 50.8 Å². The van der Waals surface area contributed by atoms with Gasteiger partial charge in [0.15, 0.2) is 5.60 Å². The number of aliphatic hydroxyl groups is 1. The highest BCUT2D eigenvalue weighted by molar-refractivity contribution is 4.95. The molecule has 1 fully saturated rings. The highest BCUT2D eigenvalue weighted by Gasteiger charge is 2.57. The zero-order valence-electron chi connectivity index (χ0n) is 9.56. The fraction of sp³-hybridized carbons (Fsp3) is 1.00. The Morgan fingerprint density at radius 2 is 1.69 bits per heavy atom. The molecular formula is C11H20F3NO. The molecule has 0 aromatic rings. The Bertz CT molecular complexity index is 224. The lowest BCUT2D eigenvalue weighted by atomic mass is 9.72. The van der Waals surface area contributed by atoms with Crippen molar-refractivity contribution < 1.29 is 18.3 Å². The summed E-state index contributed by atoms with van der Waals surface area (Å²) in [4.78, 5) is 0. The van der Waals surface area contributed by atoms with Gasteiger partial charge in [-0.05, 0) is 24.7 Å². The summed E-state index contributed by atoms with van der Waals surface area (Å²) in [7, 11) is 0. The summed E-state index contributed by atoms with van der Waals surface area (Å²) in [5, 5.41) is 9.69. The van der Waals surface area contributed by atoms with Crippen LogP contribution in [-0.2, 0) is 0 Å². The van der Waals surface area contributed by atoms with Gasteiger partial charge in [0.05, 0.1) is 0 Å². The third-order valence-corrected chi connectivity index (χ3v) is 3.90. The molecule has 16 heavy (non-hydrogen) atoms. The minimum absolute atomic E-state index is 0.422. The monoisotopic (exact) mass is 239 g/mol. The first-order valence-electron chi connectivity index (χ1n) is 5.84. The fourth-order valence-corrected chi connectivity index (χ4v) is 2.56. The van der Waals surface area contributed by atoms with Gasteiger partial charge in [0.25, 0.3) is 0 Å². The molecule has 2 nitrogen and oxygen atoms in total. The van der Waals surface area contributed by atoms with Crippen LogP contribution in [0, 0.1) is 11.8 Å². The number of nitrogens with two attached hydrogens (primary N) is 1. The standard InChI is InChI=1S/C11H20F3NO/c1-2-8-3-5-9(6-4-8)10(16,7-15)11(12,13)14/h8-9,16H,2-7,15H2,1H3. The Hall–Kier alpha value is -0.290. The van der Waals surface area contributed by atoms with Crippen molar-refractivity contribution in [3.05, 3.63) is 0 Å². The van der Waals surface area contributed by atoms with Crippen molar-refractivity contribution in [2.75, 3.05) is 6.54 Å². The van der Waals surface area contributed by atoms with Crippen LogP contribution in [0.3, 0.4) is 0 Å². The minimum atomic E-state index is -4.62. The zero-order chi connectivity index (χ0) is 12.4. The summed E-state index contributed by atoms with van der Waals surface area (Å²) in [6.07, 6.45) is -1.25. The van der Waals surface area contributed by atoms with Crippen LogP contribution in [0.4, 0.5) is 13.2 Å². The van der Waals surface area contributed by atoms with Crippen molar-refractivity contribution in [3.8, 4) is 0 Å². The maximum atomic E-state index is 12.7. The van der Waals surface area contributed by atoms with Crippen LogP contribution in [0.25, 0.3) is 0 Å². The first-order valence-corrected chi connectivity index (χ1v) is 5.84. The molecule has 0 bridgehead atoms. The molecule has 3 N–H and O–H groups in total. The van der Waals surface area contributed by atoms with Crippen LogP contribution in [0.5, 0.6) is 0 Å². The van der Waals surface area contributed by atoms with E-state index in [2.05, 4.69) is 0 Å². The molecule has 96 valence electrons. The number of hydrogen-bond donors (Lipinski definition) is 2. The molecule has 1 unspecified atom stereocenters. The highest BCUT2D eigenvalue weighted by atomic mass is 19.4.